The van der Waals surface area contributed by atoms with Crippen LogP contribution in [0.2, 0.25) is 0 Å². The number of nitrogens with zero attached hydrogens (tertiary/aromatic N) is 1. The van der Waals surface area contributed by atoms with Crippen molar-refractivity contribution in [1.29, 1.82) is 0 Å². The highest BCUT2D eigenvalue weighted by Gasteiger charge is 2.27. The number of amides is 2. The van der Waals surface area contributed by atoms with Crippen molar-refractivity contribution < 1.29 is 19.5 Å². The van der Waals surface area contributed by atoms with Gasteiger partial charge in [0.2, 0.25) is 0 Å². The van der Waals surface area contributed by atoms with Crippen molar-refractivity contribution in [2.45, 2.75) is 19.3 Å². The number of imide groups is 1. The monoisotopic (exact) mass is 235 g/mol. The van der Waals surface area contributed by atoms with Gasteiger partial charge in [-0.2, -0.15) is 0 Å². The molecule has 1 atom stereocenters. The molecule has 0 saturated heterocycles. The number of allylic oxidation sites excluding steroid dienone is 1. The summed E-state index contributed by atoms with van der Waals surface area (Å²) in [6, 6.07) is 0. The maximum absolute atomic E-state index is 11.3. The fourth-order valence-electron chi connectivity index (χ4n) is 2.12. The Morgan fingerprint density at radius 1 is 1.35 bits per heavy atom. The van der Waals surface area contributed by atoms with Gasteiger partial charge in [0.05, 0.1) is 0 Å². The van der Waals surface area contributed by atoms with Gasteiger partial charge < -0.3 is 5.11 Å². The van der Waals surface area contributed by atoms with E-state index in [2.05, 4.69) is 0 Å². The number of hydrogen-bond acceptors (Lipinski definition) is 3. The largest absolute Gasteiger partial charge is 0.478 e. The van der Waals surface area contributed by atoms with Crippen LogP contribution in [0.25, 0.3) is 0 Å². The third-order valence-electron chi connectivity index (χ3n) is 3.14. The molecule has 1 heterocycles. The van der Waals surface area contributed by atoms with Crippen molar-refractivity contribution >= 4 is 17.8 Å². The zero-order valence-electron chi connectivity index (χ0n) is 9.26. The van der Waals surface area contributed by atoms with Gasteiger partial charge in [-0.25, -0.2) is 4.79 Å². The van der Waals surface area contributed by atoms with Gasteiger partial charge in [-0.1, -0.05) is 6.08 Å². The highest BCUT2D eigenvalue weighted by molar-refractivity contribution is 6.12. The molecule has 0 aromatic rings. The summed E-state index contributed by atoms with van der Waals surface area (Å²) < 4.78 is 0. The fourth-order valence-corrected chi connectivity index (χ4v) is 2.12. The smallest absolute Gasteiger partial charge is 0.331 e. The van der Waals surface area contributed by atoms with Gasteiger partial charge in [-0.3, -0.25) is 14.5 Å². The molecule has 0 radical (unpaired) electrons. The van der Waals surface area contributed by atoms with Crippen molar-refractivity contribution in [3.8, 4) is 0 Å². The highest BCUT2D eigenvalue weighted by atomic mass is 16.4. The first kappa shape index (κ1) is 11.6. The minimum absolute atomic E-state index is 0.172. The van der Waals surface area contributed by atoms with Crippen molar-refractivity contribution in [3.05, 3.63) is 23.8 Å². The Balaban J connectivity index is 1.93. The van der Waals surface area contributed by atoms with Crippen LogP contribution < -0.4 is 0 Å². The van der Waals surface area contributed by atoms with Gasteiger partial charge in [-0.15, -0.1) is 0 Å². The number of carbonyl (C=O) groups excluding carboxylic acids is 2. The predicted octanol–water partition coefficient (Wildman–Crippen LogP) is 0.723. The molecule has 1 aliphatic heterocycles. The molecule has 0 spiro atoms. The molecule has 0 aromatic carbocycles. The SMILES string of the molecule is O=C(O)C1=CCC(CN2C(=O)C=CC2=O)CC1. The van der Waals surface area contributed by atoms with Crippen LogP contribution >= 0.6 is 0 Å². The third kappa shape index (κ3) is 2.43. The van der Waals surface area contributed by atoms with E-state index in [0.29, 0.717) is 31.4 Å². The quantitative estimate of drug-likeness (QED) is 0.731. The minimum Gasteiger partial charge on any atom is -0.478 e. The number of carboxylic acid groups (broad SMARTS) is 1. The van der Waals surface area contributed by atoms with Crippen LogP contribution in [-0.4, -0.2) is 34.3 Å². The number of aliphatic carboxylic acids is 1. The van der Waals surface area contributed by atoms with Crippen LogP contribution in [0.5, 0.6) is 0 Å². The maximum atomic E-state index is 11.3. The van der Waals surface area contributed by atoms with E-state index in [1.54, 1.807) is 6.08 Å². The zero-order valence-corrected chi connectivity index (χ0v) is 9.26. The fraction of sp³-hybridized carbons (Fsp3) is 0.417. The van der Waals surface area contributed by atoms with Crippen LogP contribution in [0.15, 0.2) is 23.8 Å². The zero-order chi connectivity index (χ0) is 12.4. The summed E-state index contributed by atoms with van der Waals surface area (Å²) >= 11 is 0. The van der Waals surface area contributed by atoms with Gasteiger partial charge in [0.1, 0.15) is 0 Å². The minimum atomic E-state index is -0.876. The molecule has 1 aliphatic carbocycles. The normalized spacial score (nSPS) is 24.1. The average molecular weight is 235 g/mol. The van der Waals surface area contributed by atoms with Crippen LogP contribution in [-0.2, 0) is 14.4 Å². The molecule has 5 nitrogen and oxygen atoms in total. The summed E-state index contributed by atoms with van der Waals surface area (Å²) in [6.45, 7) is 0.383. The van der Waals surface area contributed by atoms with Crippen molar-refractivity contribution in [3.63, 3.8) is 0 Å². The van der Waals surface area contributed by atoms with E-state index in [1.807, 2.05) is 0 Å². The standard InChI is InChI=1S/C12H13NO4/c14-10-5-6-11(15)13(10)7-8-1-3-9(4-2-8)12(16)17/h3,5-6,8H,1-2,4,7H2,(H,16,17). The second-order valence-corrected chi connectivity index (χ2v) is 4.30. The molecule has 0 bridgehead atoms. The third-order valence-corrected chi connectivity index (χ3v) is 3.14. The summed E-state index contributed by atoms with van der Waals surface area (Å²) in [4.78, 5) is 34.6. The van der Waals surface area contributed by atoms with E-state index in [1.165, 1.54) is 17.1 Å². The Hall–Kier alpha value is -1.91. The summed E-state index contributed by atoms with van der Waals surface area (Å²) in [6.07, 6.45) is 6.04. The van der Waals surface area contributed by atoms with Crippen molar-refractivity contribution in [2.75, 3.05) is 6.54 Å². The van der Waals surface area contributed by atoms with Crippen LogP contribution in [0.3, 0.4) is 0 Å². The Morgan fingerprint density at radius 3 is 2.47 bits per heavy atom. The second-order valence-electron chi connectivity index (χ2n) is 4.30. The number of rotatable bonds is 3. The van der Waals surface area contributed by atoms with E-state index >= 15 is 0 Å². The van der Waals surface area contributed by atoms with Crippen LogP contribution in [0.4, 0.5) is 0 Å². The number of hydrogen-bond donors (Lipinski definition) is 1. The first-order valence-corrected chi connectivity index (χ1v) is 5.54. The van der Waals surface area contributed by atoms with Crippen LogP contribution in [0.1, 0.15) is 19.3 Å². The molecule has 17 heavy (non-hydrogen) atoms. The summed E-state index contributed by atoms with van der Waals surface area (Å²) in [5, 5.41) is 8.80. The summed E-state index contributed by atoms with van der Waals surface area (Å²) in [5.74, 6) is -1.25. The Bertz CT molecular complexity index is 418. The second kappa shape index (κ2) is 4.53. The Kier molecular flexibility index (Phi) is 3.08. The summed E-state index contributed by atoms with van der Waals surface area (Å²) in [5.41, 5.74) is 0.429. The lowest BCUT2D eigenvalue weighted by Crippen LogP contribution is -2.35. The molecule has 0 fully saturated rings. The Labute approximate surface area is 98.4 Å². The predicted molar refractivity (Wildman–Crippen MR) is 58.9 cm³/mol. The van der Waals surface area contributed by atoms with E-state index in [-0.39, 0.29) is 17.7 Å². The number of carbonyl (C=O) groups is 3. The van der Waals surface area contributed by atoms with Gasteiger partial charge in [-0.05, 0) is 25.2 Å². The lowest BCUT2D eigenvalue weighted by atomic mass is 9.89. The van der Waals surface area contributed by atoms with Crippen molar-refractivity contribution in [2.24, 2.45) is 5.92 Å². The lowest BCUT2D eigenvalue weighted by molar-refractivity contribution is -0.138. The van der Waals surface area contributed by atoms with Crippen LogP contribution in [0, 0.1) is 5.92 Å². The molecular formula is C12H13NO4. The van der Waals surface area contributed by atoms with E-state index in [0.717, 1.165) is 0 Å². The molecule has 0 aromatic heterocycles. The van der Waals surface area contributed by atoms with E-state index in [9.17, 15) is 14.4 Å². The maximum Gasteiger partial charge on any atom is 0.331 e. The van der Waals surface area contributed by atoms with E-state index < -0.39 is 5.97 Å². The highest BCUT2D eigenvalue weighted by Crippen LogP contribution is 2.25. The lowest BCUT2D eigenvalue weighted by Gasteiger charge is -2.24. The van der Waals surface area contributed by atoms with Gasteiger partial charge in [0.25, 0.3) is 11.8 Å². The molecule has 2 rings (SSSR count). The van der Waals surface area contributed by atoms with Gasteiger partial charge in [0.15, 0.2) is 0 Å². The topological polar surface area (TPSA) is 74.7 Å². The molecule has 90 valence electrons. The van der Waals surface area contributed by atoms with Gasteiger partial charge >= 0.3 is 5.97 Å². The molecule has 1 unspecified atom stereocenters. The Morgan fingerprint density at radius 2 is 2.00 bits per heavy atom. The molecule has 1 N–H and O–H groups in total. The van der Waals surface area contributed by atoms with E-state index in [4.69, 9.17) is 5.11 Å². The first-order chi connectivity index (χ1) is 8.08. The first-order valence-electron chi connectivity index (χ1n) is 5.54. The summed E-state index contributed by atoms with van der Waals surface area (Å²) in [7, 11) is 0. The average Bonchev–Trinajstić information content (AvgIpc) is 2.61. The molecular weight excluding hydrogens is 222 g/mol. The molecule has 0 saturated carbocycles. The van der Waals surface area contributed by atoms with Crippen molar-refractivity contribution in [1.82, 2.24) is 4.90 Å². The molecule has 2 aliphatic rings. The van der Waals surface area contributed by atoms with Gasteiger partial charge in [0, 0.05) is 24.3 Å². The number of carboxylic acids is 1. The molecule has 5 heteroatoms. The molecule has 2 amide bonds.